The summed E-state index contributed by atoms with van der Waals surface area (Å²) in [5.41, 5.74) is 0. The summed E-state index contributed by atoms with van der Waals surface area (Å²) in [7, 11) is 0.549. The van der Waals surface area contributed by atoms with Gasteiger partial charge in [0, 0.05) is 4.70 Å². The highest BCUT2D eigenvalue weighted by molar-refractivity contribution is 7.31. The van der Waals surface area contributed by atoms with Crippen LogP contribution >= 0.6 is 11.3 Å². The van der Waals surface area contributed by atoms with Gasteiger partial charge in [-0.25, -0.2) is 0 Å². The van der Waals surface area contributed by atoms with Crippen LogP contribution in [0.3, 0.4) is 0 Å². The highest BCUT2D eigenvalue weighted by atomic mass is 32.1. The third kappa shape index (κ3) is 2.08. The molecule has 0 radical (unpaired) electrons. The molecule has 1 aromatic heterocycles. The molecule has 1 heterocycles. The number of methoxy groups -OCH3 is 1. The number of fused-ring (bicyclic) bond motifs is 1. The van der Waals surface area contributed by atoms with Crippen LogP contribution < -0.4 is 9.24 Å². The maximum Gasteiger partial charge on any atom is 0.119 e. The lowest BCUT2D eigenvalue weighted by Crippen LogP contribution is -2.34. The van der Waals surface area contributed by atoms with Crippen molar-refractivity contribution < 1.29 is 4.74 Å². The summed E-state index contributed by atoms with van der Waals surface area (Å²) in [6.07, 6.45) is 0. The number of benzene rings is 1. The number of hydrogen-bond donors (Lipinski definition) is 0. The summed E-state index contributed by atoms with van der Waals surface area (Å²) < 4.78 is 8.16. The van der Waals surface area contributed by atoms with Gasteiger partial charge in [0.1, 0.15) is 5.75 Å². The molecule has 0 spiro atoms. The van der Waals surface area contributed by atoms with Crippen molar-refractivity contribution >= 4 is 34.0 Å². The minimum absolute atomic E-state index is 0.947. The molecule has 80 valence electrons. The van der Waals surface area contributed by atoms with Gasteiger partial charge in [0.2, 0.25) is 0 Å². The normalized spacial score (nSPS) is 12.0. The van der Waals surface area contributed by atoms with Gasteiger partial charge in [0.05, 0.1) is 15.2 Å². The zero-order valence-corrected chi connectivity index (χ0v) is 11.4. The van der Waals surface area contributed by atoms with E-state index in [9.17, 15) is 0 Å². The lowest BCUT2D eigenvalue weighted by molar-refractivity contribution is 0.415. The van der Waals surface area contributed by atoms with E-state index >= 15 is 0 Å². The zero-order chi connectivity index (χ0) is 11.1. The minimum atomic E-state index is -1.17. The molecule has 1 aromatic carbocycles. The van der Waals surface area contributed by atoms with Gasteiger partial charge >= 0.3 is 0 Å². The van der Waals surface area contributed by atoms with E-state index in [4.69, 9.17) is 4.74 Å². The SMILES string of the molecule is COc1ccc2sc([Si](C)(C)C)cc2c1. The Balaban J connectivity index is 2.56. The van der Waals surface area contributed by atoms with Crippen molar-refractivity contribution in [3.8, 4) is 5.75 Å². The van der Waals surface area contributed by atoms with E-state index in [1.165, 1.54) is 10.1 Å². The van der Waals surface area contributed by atoms with Gasteiger partial charge in [0.25, 0.3) is 0 Å². The van der Waals surface area contributed by atoms with Gasteiger partial charge in [-0.05, 0) is 34.2 Å². The zero-order valence-electron chi connectivity index (χ0n) is 9.63. The molecule has 0 unspecified atom stereocenters. The van der Waals surface area contributed by atoms with Crippen molar-refractivity contribution in [2.24, 2.45) is 0 Å². The van der Waals surface area contributed by atoms with Gasteiger partial charge in [-0.3, -0.25) is 0 Å². The molecule has 0 aliphatic heterocycles. The number of thiophene rings is 1. The second-order valence-electron chi connectivity index (χ2n) is 4.76. The Labute approximate surface area is 95.7 Å². The van der Waals surface area contributed by atoms with Crippen LogP contribution in [0.2, 0.25) is 19.6 Å². The molecule has 0 aliphatic carbocycles. The maximum absolute atomic E-state index is 5.23. The summed E-state index contributed by atoms with van der Waals surface area (Å²) in [6.45, 7) is 7.15. The molecule has 0 bridgehead atoms. The van der Waals surface area contributed by atoms with Crippen molar-refractivity contribution in [1.29, 1.82) is 0 Å². The largest absolute Gasteiger partial charge is 0.497 e. The van der Waals surface area contributed by atoms with Crippen molar-refractivity contribution in [1.82, 2.24) is 0 Å². The third-order valence-corrected chi connectivity index (χ3v) is 7.16. The summed E-state index contributed by atoms with van der Waals surface area (Å²) in [5.74, 6) is 0.947. The molecular weight excluding hydrogens is 220 g/mol. The van der Waals surface area contributed by atoms with Crippen molar-refractivity contribution in [2.75, 3.05) is 7.11 Å². The smallest absolute Gasteiger partial charge is 0.119 e. The minimum Gasteiger partial charge on any atom is -0.497 e. The molecule has 0 N–H and O–H groups in total. The first kappa shape index (κ1) is 10.7. The standard InChI is InChI=1S/C12H16OSSi/c1-13-10-5-6-11-9(7-10)8-12(14-11)15(2,3)4/h5-8H,1-4H3. The molecule has 3 heteroatoms. The van der Waals surface area contributed by atoms with E-state index < -0.39 is 8.07 Å². The number of ether oxygens (including phenoxy) is 1. The van der Waals surface area contributed by atoms with E-state index in [0.29, 0.717) is 0 Å². The third-order valence-electron chi connectivity index (χ3n) is 2.46. The molecule has 0 aliphatic rings. The molecule has 0 amide bonds. The first-order valence-electron chi connectivity index (χ1n) is 5.09. The van der Waals surface area contributed by atoms with Crippen LogP contribution in [0.5, 0.6) is 5.75 Å². The summed E-state index contributed by atoms with van der Waals surface area (Å²) in [6, 6.07) is 8.64. The second kappa shape index (κ2) is 3.65. The van der Waals surface area contributed by atoms with Crippen LogP contribution in [-0.2, 0) is 0 Å². The topological polar surface area (TPSA) is 9.23 Å². The van der Waals surface area contributed by atoms with Crippen molar-refractivity contribution in [3.63, 3.8) is 0 Å². The van der Waals surface area contributed by atoms with Crippen LogP contribution in [0, 0.1) is 0 Å². The molecule has 2 aromatic rings. The highest BCUT2D eigenvalue weighted by Crippen LogP contribution is 2.25. The van der Waals surface area contributed by atoms with Crippen LogP contribution in [-0.4, -0.2) is 15.2 Å². The van der Waals surface area contributed by atoms with Crippen LogP contribution in [0.4, 0.5) is 0 Å². The maximum atomic E-state index is 5.23. The number of hydrogen-bond acceptors (Lipinski definition) is 2. The van der Waals surface area contributed by atoms with E-state index in [-0.39, 0.29) is 0 Å². The first-order chi connectivity index (χ1) is 7.00. The Morgan fingerprint density at radius 2 is 1.87 bits per heavy atom. The van der Waals surface area contributed by atoms with Gasteiger partial charge in [-0.2, -0.15) is 0 Å². The van der Waals surface area contributed by atoms with Gasteiger partial charge in [-0.15, -0.1) is 11.3 Å². The number of rotatable bonds is 2. The molecule has 0 saturated heterocycles. The van der Waals surface area contributed by atoms with E-state index in [1.54, 1.807) is 11.6 Å². The predicted octanol–water partition coefficient (Wildman–Crippen LogP) is 3.46. The fourth-order valence-corrected chi connectivity index (χ4v) is 4.46. The average Bonchev–Trinajstić information content (AvgIpc) is 2.59. The van der Waals surface area contributed by atoms with Gasteiger partial charge < -0.3 is 4.74 Å². The summed E-state index contributed by atoms with van der Waals surface area (Å²) in [4.78, 5) is 0. The molecule has 1 nitrogen and oxygen atoms in total. The Bertz CT molecular complexity index is 482. The highest BCUT2D eigenvalue weighted by Gasteiger charge is 2.19. The van der Waals surface area contributed by atoms with Crippen molar-refractivity contribution in [3.05, 3.63) is 24.3 Å². The van der Waals surface area contributed by atoms with Gasteiger partial charge in [0.15, 0.2) is 0 Å². The lowest BCUT2D eigenvalue weighted by atomic mass is 10.2. The van der Waals surface area contributed by atoms with E-state index in [0.717, 1.165) is 5.75 Å². The van der Waals surface area contributed by atoms with Crippen LogP contribution in [0.15, 0.2) is 24.3 Å². The monoisotopic (exact) mass is 236 g/mol. The Hall–Kier alpha value is -0.803. The average molecular weight is 236 g/mol. The molecular formula is C12H16OSSi. The molecule has 0 saturated carbocycles. The summed E-state index contributed by atoms with van der Waals surface area (Å²) >= 11 is 1.93. The molecule has 2 rings (SSSR count). The summed E-state index contributed by atoms with van der Waals surface area (Å²) in [5, 5.41) is 1.32. The quantitative estimate of drug-likeness (QED) is 0.726. The van der Waals surface area contributed by atoms with Gasteiger partial charge in [-0.1, -0.05) is 19.6 Å². The predicted molar refractivity (Wildman–Crippen MR) is 71.4 cm³/mol. The Morgan fingerprint density at radius 3 is 2.47 bits per heavy atom. The fraction of sp³-hybridized carbons (Fsp3) is 0.333. The molecule has 0 atom stereocenters. The second-order valence-corrected chi connectivity index (χ2v) is 11.2. The van der Waals surface area contributed by atoms with Crippen LogP contribution in [0.25, 0.3) is 10.1 Å². The molecule has 0 fully saturated rings. The van der Waals surface area contributed by atoms with E-state index in [1.807, 2.05) is 17.4 Å². The van der Waals surface area contributed by atoms with E-state index in [2.05, 4.69) is 37.8 Å². The fourth-order valence-electron chi connectivity index (χ4n) is 1.52. The first-order valence-corrected chi connectivity index (χ1v) is 9.40. The van der Waals surface area contributed by atoms with Crippen molar-refractivity contribution in [2.45, 2.75) is 19.6 Å². The lowest BCUT2D eigenvalue weighted by Gasteiger charge is -2.11. The molecule has 15 heavy (non-hydrogen) atoms. The Kier molecular flexibility index (Phi) is 2.60. The Morgan fingerprint density at radius 1 is 1.13 bits per heavy atom. The van der Waals surface area contributed by atoms with Crippen LogP contribution in [0.1, 0.15) is 0 Å².